The van der Waals surface area contributed by atoms with Gasteiger partial charge in [0.25, 0.3) is 5.91 Å². The van der Waals surface area contributed by atoms with E-state index in [1.165, 1.54) is 0 Å². The lowest BCUT2D eigenvalue weighted by Gasteiger charge is -2.03. The Kier molecular flexibility index (Phi) is 1.49. The number of nitrogens with zero attached hydrogens (tertiary/aromatic N) is 1. The zero-order valence-corrected chi connectivity index (χ0v) is 6.08. The maximum Gasteiger partial charge on any atom is 0.255 e. The van der Waals surface area contributed by atoms with Crippen LogP contribution in [0.15, 0.2) is 17.1 Å². The highest BCUT2D eigenvalue weighted by atomic mass is 16.2. The van der Waals surface area contributed by atoms with Gasteiger partial charge < -0.3 is 5.32 Å². The largest absolute Gasteiger partial charge is 0.351 e. The van der Waals surface area contributed by atoms with Crippen molar-refractivity contribution >= 4 is 12.1 Å². The molecule has 3 nitrogen and oxygen atoms in total. The number of allylic oxidation sites excluding steroid dienone is 1. The summed E-state index contributed by atoms with van der Waals surface area (Å²) in [5.74, 6) is -0.0440. The molecule has 0 atom stereocenters. The summed E-state index contributed by atoms with van der Waals surface area (Å²) in [6.07, 6.45) is 7.35. The van der Waals surface area contributed by atoms with Crippen molar-refractivity contribution in [3.63, 3.8) is 0 Å². The average Bonchev–Trinajstić information content (AvgIpc) is 2.67. The fraction of sp³-hybridized carbons (Fsp3) is 0.375. The molecule has 11 heavy (non-hydrogen) atoms. The Morgan fingerprint density at radius 3 is 3.00 bits per heavy atom. The maximum atomic E-state index is 11.2. The number of amides is 1. The highest BCUT2D eigenvalue weighted by molar-refractivity contribution is 5.97. The molecule has 0 unspecified atom stereocenters. The van der Waals surface area contributed by atoms with Gasteiger partial charge in [-0.2, -0.15) is 0 Å². The van der Waals surface area contributed by atoms with Gasteiger partial charge >= 0.3 is 0 Å². The minimum atomic E-state index is -0.0440. The van der Waals surface area contributed by atoms with Crippen LogP contribution in [0.1, 0.15) is 12.8 Å². The van der Waals surface area contributed by atoms with Gasteiger partial charge in [0.05, 0.1) is 0 Å². The summed E-state index contributed by atoms with van der Waals surface area (Å²) in [6.45, 7) is 0. The molecule has 0 aromatic rings. The molecule has 57 valence electrons. The van der Waals surface area contributed by atoms with E-state index in [0.717, 1.165) is 12.8 Å². The lowest BCUT2D eigenvalue weighted by molar-refractivity contribution is -0.118. The van der Waals surface area contributed by atoms with Crippen molar-refractivity contribution in [2.45, 2.75) is 18.9 Å². The molecule has 0 saturated heterocycles. The molecule has 0 aromatic heterocycles. The number of hydrogen-bond donors (Lipinski definition) is 1. The smallest absolute Gasteiger partial charge is 0.255 e. The highest BCUT2D eigenvalue weighted by Gasteiger charge is 2.27. The van der Waals surface area contributed by atoms with Crippen LogP contribution in [0.4, 0.5) is 0 Å². The van der Waals surface area contributed by atoms with E-state index in [9.17, 15) is 4.79 Å². The van der Waals surface area contributed by atoms with E-state index in [1.807, 2.05) is 0 Å². The molecule has 0 bridgehead atoms. The lowest BCUT2D eigenvalue weighted by atomic mass is 10.3. The summed E-state index contributed by atoms with van der Waals surface area (Å²) in [5.41, 5.74) is 0. The zero-order valence-electron chi connectivity index (χ0n) is 6.08. The fourth-order valence-electron chi connectivity index (χ4n) is 0.922. The van der Waals surface area contributed by atoms with Crippen LogP contribution in [0.3, 0.4) is 0 Å². The SMILES string of the molecule is O=C(NC1CC1)[C]1C=CC=N1. The third kappa shape index (κ3) is 1.48. The number of nitrogens with one attached hydrogen (secondary N) is 1. The van der Waals surface area contributed by atoms with E-state index in [-0.39, 0.29) is 5.91 Å². The molecule has 1 radical (unpaired) electrons. The molecule has 1 fully saturated rings. The third-order valence-electron chi connectivity index (χ3n) is 1.70. The summed E-state index contributed by atoms with van der Waals surface area (Å²) in [4.78, 5) is 15.1. The topological polar surface area (TPSA) is 41.5 Å². The van der Waals surface area contributed by atoms with Gasteiger partial charge in [0.1, 0.15) is 0 Å². The summed E-state index contributed by atoms with van der Waals surface area (Å²) in [6, 6.07) is 0.941. The lowest BCUT2D eigenvalue weighted by Crippen LogP contribution is -2.28. The van der Waals surface area contributed by atoms with Crippen LogP contribution in [0.2, 0.25) is 0 Å². The molecule has 1 amide bonds. The summed E-state index contributed by atoms with van der Waals surface area (Å²) < 4.78 is 0. The molecular weight excluding hydrogens is 140 g/mol. The fourth-order valence-corrected chi connectivity index (χ4v) is 0.922. The second kappa shape index (κ2) is 2.49. The summed E-state index contributed by atoms with van der Waals surface area (Å²) >= 11 is 0. The summed E-state index contributed by atoms with van der Waals surface area (Å²) in [5, 5.41) is 2.85. The first-order chi connectivity index (χ1) is 5.36. The first-order valence-electron chi connectivity index (χ1n) is 3.75. The quantitative estimate of drug-likeness (QED) is 0.608. The molecule has 1 saturated carbocycles. The standard InChI is InChI=1S/C8H9N2O/c11-8(10-6-3-4-6)7-2-1-5-9-7/h1-2,5-6H,3-4H2,(H,10,11). The van der Waals surface area contributed by atoms with Gasteiger partial charge in [-0.15, -0.1) is 0 Å². The highest BCUT2D eigenvalue weighted by Crippen LogP contribution is 2.20. The van der Waals surface area contributed by atoms with Crippen molar-refractivity contribution in [1.29, 1.82) is 0 Å². The van der Waals surface area contributed by atoms with Crippen LogP contribution in [0.25, 0.3) is 0 Å². The van der Waals surface area contributed by atoms with Crippen LogP contribution in [0.5, 0.6) is 0 Å². The molecule has 3 heteroatoms. The number of hydrogen-bond acceptors (Lipinski definition) is 2. The van der Waals surface area contributed by atoms with Crippen molar-refractivity contribution < 1.29 is 4.79 Å². The summed E-state index contributed by atoms with van der Waals surface area (Å²) in [7, 11) is 0. The molecule has 2 aliphatic rings. The van der Waals surface area contributed by atoms with Gasteiger partial charge in [-0.3, -0.25) is 9.79 Å². The van der Waals surface area contributed by atoms with Crippen molar-refractivity contribution in [2.24, 2.45) is 4.99 Å². The molecular formula is C8H9N2O. The van der Waals surface area contributed by atoms with Crippen molar-refractivity contribution in [2.75, 3.05) is 0 Å². The molecule has 0 spiro atoms. The molecule has 1 heterocycles. The first-order valence-corrected chi connectivity index (χ1v) is 3.75. The van der Waals surface area contributed by atoms with Crippen LogP contribution in [-0.4, -0.2) is 18.2 Å². The Morgan fingerprint density at radius 2 is 2.45 bits per heavy atom. The van der Waals surface area contributed by atoms with Gasteiger partial charge in [-0.1, -0.05) is 0 Å². The molecule has 1 aliphatic heterocycles. The maximum absolute atomic E-state index is 11.2. The molecule has 0 aromatic carbocycles. The van der Waals surface area contributed by atoms with Crippen molar-refractivity contribution in [3.8, 4) is 0 Å². The predicted octanol–water partition coefficient (Wildman–Crippen LogP) is 0.438. The number of aliphatic imine (C=N–C) groups is 1. The Morgan fingerprint density at radius 1 is 1.64 bits per heavy atom. The monoisotopic (exact) mass is 149 g/mol. The van der Waals surface area contributed by atoms with Gasteiger partial charge in [-0.05, 0) is 25.0 Å². The van der Waals surface area contributed by atoms with E-state index >= 15 is 0 Å². The minimum absolute atomic E-state index is 0.0440. The van der Waals surface area contributed by atoms with E-state index in [4.69, 9.17) is 0 Å². The van der Waals surface area contributed by atoms with Gasteiger partial charge in [-0.25, -0.2) is 0 Å². The Bertz CT molecular complexity index is 216. The minimum Gasteiger partial charge on any atom is -0.351 e. The van der Waals surface area contributed by atoms with Crippen LogP contribution in [0, 0.1) is 6.04 Å². The first kappa shape index (κ1) is 6.58. The number of carbonyl (C=O) groups excluding carboxylic acids is 1. The average molecular weight is 149 g/mol. The van der Waals surface area contributed by atoms with E-state index in [0.29, 0.717) is 12.1 Å². The molecule has 2 rings (SSSR count). The zero-order chi connectivity index (χ0) is 7.68. The van der Waals surface area contributed by atoms with Gasteiger partial charge in [0.2, 0.25) is 0 Å². The third-order valence-corrected chi connectivity index (χ3v) is 1.70. The molecule has 1 aliphatic carbocycles. The van der Waals surface area contributed by atoms with E-state index < -0.39 is 0 Å². The number of rotatable bonds is 2. The van der Waals surface area contributed by atoms with Gasteiger partial charge in [0.15, 0.2) is 6.04 Å². The second-order valence-electron chi connectivity index (χ2n) is 2.77. The Labute approximate surface area is 65.2 Å². The van der Waals surface area contributed by atoms with E-state index in [2.05, 4.69) is 10.3 Å². The van der Waals surface area contributed by atoms with E-state index in [1.54, 1.807) is 18.4 Å². The molecule has 1 N–H and O–H groups in total. The number of carbonyl (C=O) groups is 1. The predicted molar refractivity (Wildman–Crippen MR) is 42.0 cm³/mol. The van der Waals surface area contributed by atoms with Crippen LogP contribution in [-0.2, 0) is 4.79 Å². The second-order valence-corrected chi connectivity index (χ2v) is 2.77. The van der Waals surface area contributed by atoms with Crippen molar-refractivity contribution in [3.05, 3.63) is 18.2 Å². The Balaban J connectivity index is 1.88. The van der Waals surface area contributed by atoms with Crippen LogP contribution < -0.4 is 5.32 Å². The Hall–Kier alpha value is -1.12. The van der Waals surface area contributed by atoms with Crippen LogP contribution >= 0.6 is 0 Å². The van der Waals surface area contributed by atoms with Crippen molar-refractivity contribution in [1.82, 2.24) is 5.32 Å². The normalized spacial score (nSPS) is 22.5. The van der Waals surface area contributed by atoms with Gasteiger partial charge in [0, 0.05) is 12.3 Å².